The molecule has 2 aromatic heterocycles. The molecule has 3 aliphatic heterocycles. The molecule has 5 heterocycles. The van der Waals surface area contributed by atoms with Crippen LogP contribution in [-0.2, 0) is 19.1 Å². The number of nitrogens with one attached hydrogen (secondary N) is 4. The second-order valence-electron chi connectivity index (χ2n) is 16.8. The van der Waals surface area contributed by atoms with Crippen LogP contribution in [0.3, 0.4) is 0 Å². The number of methoxy groups -OCH3 is 2. The number of halogens is 2. The van der Waals surface area contributed by atoms with Gasteiger partial charge in [-0.1, -0.05) is 34.6 Å². The van der Waals surface area contributed by atoms with Gasteiger partial charge in [-0.25, -0.2) is 28.3 Å². The van der Waals surface area contributed by atoms with Gasteiger partial charge in [0.2, 0.25) is 11.8 Å². The molecule has 3 saturated heterocycles. The monoisotopic (exact) mass is 807 g/mol. The van der Waals surface area contributed by atoms with Gasteiger partial charge < -0.3 is 44.8 Å². The highest BCUT2D eigenvalue weighted by atomic mass is 19.1. The molecule has 4 aliphatic rings. The lowest BCUT2D eigenvalue weighted by molar-refractivity contribution is -0.136. The third kappa shape index (κ3) is 7.71. The molecule has 314 valence electrons. The first-order valence-corrected chi connectivity index (χ1v) is 20.4. The molecule has 3 aromatic rings. The van der Waals surface area contributed by atoms with Crippen LogP contribution in [0.15, 0.2) is 24.5 Å². The summed E-state index contributed by atoms with van der Waals surface area (Å²) in [6, 6.07) is 0.449. The number of carbonyl (C=O) groups excluding carboxylic acids is 4. The van der Waals surface area contributed by atoms with E-state index in [1.165, 1.54) is 32.5 Å². The Morgan fingerprint density at radius 2 is 1.29 bits per heavy atom. The molecule has 4 fully saturated rings. The van der Waals surface area contributed by atoms with Crippen LogP contribution in [0.4, 0.5) is 24.1 Å². The smallest absolute Gasteiger partial charge is 0.407 e. The number of benzene rings is 1. The number of hydrogen-bond acceptors (Lipinski definition) is 9. The van der Waals surface area contributed by atoms with Crippen molar-refractivity contribution in [3.05, 3.63) is 53.5 Å². The fourth-order valence-corrected chi connectivity index (χ4v) is 9.55. The van der Waals surface area contributed by atoms with E-state index in [-0.39, 0.29) is 65.2 Å². The first-order chi connectivity index (χ1) is 27.7. The standard InChI is InChI=1S/C41H55F2N9O6/c1-20(2)32(48-40(55)57-6)38(53)50-13-8-10-29(50)36-44-18-27(46-36)23-16-25(42)35(26(43)17-23)52-15-12-24(31-22(5)34(31)52)28-19-45-37(47-28)30-11-9-14-51(30)39(54)33(21(3)4)49-41(56)58-7/h16-22,24,29-34H,8-15H2,1-7H3,(H,44,46)(H,45,47)(H,48,55)(H,49,56). The van der Waals surface area contributed by atoms with Crippen molar-refractivity contribution in [1.82, 2.24) is 40.4 Å². The van der Waals surface area contributed by atoms with E-state index in [1.807, 2.05) is 38.8 Å². The number of piperidine rings is 1. The molecule has 8 atom stereocenters. The van der Waals surface area contributed by atoms with Crippen LogP contribution < -0.4 is 15.5 Å². The van der Waals surface area contributed by atoms with E-state index in [0.717, 1.165) is 25.0 Å². The maximum atomic E-state index is 16.1. The van der Waals surface area contributed by atoms with Crippen LogP contribution in [0.1, 0.15) is 102 Å². The van der Waals surface area contributed by atoms with Crippen LogP contribution in [0.2, 0.25) is 0 Å². The average Bonchev–Trinajstić information content (AvgIpc) is 3.87. The number of aromatic nitrogens is 4. The fourth-order valence-electron chi connectivity index (χ4n) is 9.55. The highest BCUT2D eigenvalue weighted by molar-refractivity contribution is 5.87. The van der Waals surface area contributed by atoms with Gasteiger partial charge in [-0.2, -0.15) is 0 Å². The molecule has 1 saturated carbocycles. The molecule has 0 spiro atoms. The van der Waals surface area contributed by atoms with Crippen molar-refractivity contribution >= 4 is 29.7 Å². The summed E-state index contributed by atoms with van der Waals surface area (Å²) in [7, 11) is 2.52. The Hall–Kier alpha value is -5.22. The first kappa shape index (κ1) is 41.0. The Kier molecular flexibility index (Phi) is 11.7. The number of ether oxygens (including phenoxy) is 2. The van der Waals surface area contributed by atoms with Gasteiger partial charge in [0.1, 0.15) is 41.1 Å². The summed E-state index contributed by atoms with van der Waals surface area (Å²) in [4.78, 5) is 72.5. The van der Waals surface area contributed by atoms with E-state index >= 15 is 8.78 Å². The summed E-state index contributed by atoms with van der Waals surface area (Å²) in [5.74, 6) is -0.416. The number of anilines is 1. The van der Waals surface area contributed by atoms with Gasteiger partial charge in [-0.05, 0) is 67.9 Å². The van der Waals surface area contributed by atoms with E-state index in [2.05, 4.69) is 32.5 Å². The van der Waals surface area contributed by atoms with Gasteiger partial charge in [-0.3, -0.25) is 9.59 Å². The zero-order valence-electron chi connectivity index (χ0n) is 34.2. The molecule has 4 N–H and O–H groups in total. The number of imidazole rings is 2. The molecule has 15 nitrogen and oxygen atoms in total. The summed E-state index contributed by atoms with van der Waals surface area (Å²) in [6.07, 6.45) is 5.62. The molecule has 7 rings (SSSR count). The number of amides is 4. The van der Waals surface area contributed by atoms with Crippen LogP contribution in [0.5, 0.6) is 0 Å². The third-order valence-electron chi connectivity index (χ3n) is 12.6. The second-order valence-corrected chi connectivity index (χ2v) is 16.8. The van der Waals surface area contributed by atoms with Gasteiger partial charge in [0, 0.05) is 49.0 Å². The highest BCUT2D eigenvalue weighted by Crippen LogP contribution is 2.57. The van der Waals surface area contributed by atoms with Crippen molar-refractivity contribution in [2.45, 2.75) is 103 Å². The Morgan fingerprint density at radius 1 is 0.776 bits per heavy atom. The van der Waals surface area contributed by atoms with Crippen molar-refractivity contribution in [3.8, 4) is 11.3 Å². The first-order valence-electron chi connectivity index (χ1n) is 20.4. The minimum Gasteiger partial charge on any atom is -0.453 e. The van der Waals surface area contributed by atoms with Gasteiger partial charge in [-0.15, -0.1) is 0 Å². The Balaban J connectivity index is 1.03. The molecule has 0 bridgehead atoms. The van der Waals surface area contributed by atoms with E-state index in [0.29, 0.717) is 55.4 Å². The number of fused-ring (bicyclic) bond motifs is 1. The summed E-state index contributed by atoms with van der Waals surface area (Å²) in [6.45, 7) is 11.0. The Morgan fingerprint density at radius 3 is 1.81 bits per heavy atom. The van der Waals surface area contributed by atoms with E-state index in [4.69, 9.17) is 14.5 Å². The van der Waals surface area contributed by atoms with Gasteiger partial charge in [0.15, 0.2) is 0 Å². The number of aromatic amines is 2. The van der Waals surface area contributed by atoms with E-state index < -0.39 is 35.9 Å². The number of alkyl carbamates (subject to hydrolysis) is 2. The summed E-state index contributed by atoms with van der Waals surface area (Å²) in [5, 5.41) is 5.32. The summed E-state index contributed by atoms with van der Waals surface area (Å²) in [5.41, 5.74) is 1.65. The van der Waals surface area contributed by atoms with E-state index in [1.54, 1.807) is 9.80 Å². The number of carbonyl (C=O) groups is 4. The summed E-state index contributed by atoms with van der Waals surface area (Å²) >= 11 is 0. The van der Waals surface area contributed by atoms with Crippen LogP contribution in [-0.4, -0.2) is 106 Å². The molecule has 4 amide bonds. The third-order valence-corrected chi connectivity index (χ3v) is 12.6. The van der Waals surface area contributed by atoms with Crippen LogP contribution >= 0.6 is 0 Å². The van der Waals surface area contributed by atoms with Crippen molar-refractivity contribution in [2.24, 2.45) is 23.7 Å². The number of rotatable bonds is 11. The lowest BCUT2D eigenvalue weighted by Gasteiger charge is -2.33. The molecule has 1 aliphatic carbocycles. The Bertz CT molecular complexity index is 2000. The largest absolute Gasteiger partial charge is 0.453 e. The minimum absolute atomic E-state index is 0.0441. The fraction of sp³-hybridized carbons (Fsp3) is 0.610. The van der Waals surface area contributed by atoms with E-state index in [9.17, 15) is 19.2 Å². The minimum atomic E-state index is -0.781. The topological polar surface area (TPSA) is 178 Å². The quantitative estimate of drug-likeness (QED) is 0.187. The molecule has 0 radical (unpaired) electrons. The zero-order valence-corrected chi connectivity index (χ0v) is 34.2. The molecular weight excluding hydrogens is 753 g/mol. The van der Waals surface area contributed by atoms with Gasteiger partial charge >= 0.3 is 12.2 Å². The number of likely N-dealkylation sites (tertiary alicyclic amines) is 2. The number of H-pyrrole nitrogens is 2. The van der Waals surface area contributed by atoms with Crippen molar-refractivity contribution in [2.75, 3.05) is 38.8 Å². The molecule has 1 aromatic carbocycles. The number of hydrogen-bond donors (Lipinski definition) is 4. The molecule has 8 unspecified atom stereocenters. The SMILES string of the molecule is COC(=O)NC(C(=O)N1CCCC1c1ncc(-c2cc(F)c(N3CCC(c4cnc(C5CCCN5C(=O)C(NC(=O)OC)C(C)C)[nH]4)C4C(C)C43)c(F)c2)[nH]1)C(C)C. The van der Waals surface area contributed by atoms with Crippen LogP contribution in [0, 0.1) is 35.3 Å². The molecule has 17 heteroatoms. The average molecular weight is 808 g/mol. The number of nitrogens with zero attached hydrogens (tertiary/aromatic N) is 5. The highest BCUT2D eigenvalue weighted by Gasteiger charge is 2.58. The van der Waals surface area contributed by atoms with Crippen molar-refractivity contribution in [3.63, 3.8) is 0 Å². The lowest BCUT2D eigenvalue weighted by atomic mass is 9.92. The van der Waals surface area contributed by atoms with Crippen LogP contribution in [0.25, 0.3) is 11.3 Å². The Labute approximate surface area is 337 Å². The van der Waals surface area contributed by atoms with Crippen molar-refractivity contribution in [1.29, 1.82) is 0 Å². The van der Waals surface area contributed by atoms with Gasteiger partial charge in [0.05, 0.1) is 38.2 Å². The van der Waals surface area contributed by atoms with Gasteiger partial charge in [0.25, 0.3) is 0 Å². The zero-order chi connectivity index (χ0) is 41.6. The maximum absolute atomic E-state index is 16.1. The summed E-state index contributed by atoms with van der Waals surface area (Å²) < 4.78 is 41.6. The molecular formula is C41H55F2N9O6. The lowest BCUT2D eigenvalue weighted by Crippen LogP contribution is -2.51. The predicted molar refractivity (Wildman–Crippen MR) is 209 cm³/mol. The second kappa shape index (κ2) is 16.6. The maximum Gasteiger partial charge on any atom is 0.407 e. The molecule has 58 heavy (non-hydrogen) atoms. The normalized spacial score (nSPS) is 25.1. The predicted octanol–water partition coefficient (Wildman–Crippen LogP) is 5.79. The van der Waals surface area contributed by atoms with Crippen molar-refractivity contribution < 1.29 is 37.4 Å².